The average Bonchev–Trinajstić information content (AvgIpc) is 2.81. The van der Waals surface area contributed by atoms with Gasteiger partial charge in [0.1, 0.15) is 0 Å². The topological polar surface area (TPSA) is 63.2 Å². The number of hydrogen-bond acceptors (Lipinski definition) is 4. The van der Waals surface area contributed by atoms with Gasteiger partial charge in [0.25, 0.3) is 0 Å². The summed E-state index contributed by atoms with van der Waals surface area (Å²) in [5, 5.41) is 0. The Morgan fingerprint density at radius 2 is 2.15 bits per heavy atom. The van der Waals surface area contributed by atoms with Crippen LogP contribution in [-0.2, 0) is 14.8 Å². The van der Waals surface area contributed by atoms with Gasteiger partial charge >= 0.3 is 0 Å². The van der Waals surface area contributed by atoms with E-state index in [2.05, 4.69) is 4.72 Å². The molecule has 0 saturated carbocycles. The summed E-state index contributed by atoms with van der Waals surface area (Å²) in [6.07, 6.45) is 0.775. The van der Waals surface area contributed by atoms with E-state index in [0.29, 0.717) is 5.75 Å². The average molecular weight is 313 g/mol. The van der Waals surface area contributed by atoms with Crippen LogP contribution in [0.15, 0.2) is 29.2 Å². The van der Waals surface area contributed by atoms with Gasteiger partial charge in [-0.1, -0.05) is 38.5 Å². The van der Waals surface area contributed by atoms with E-state index in [1.165, 1.54) is 0 Å². The van der Waals surface area contributed by atoms with Crippen molar-refractivity contribution in [3.63, 3.8) is 0 Å². The monoisotopic (exact) mass is 313 g/mol. The zero-order valence-electron chi connectivity index (χ0n) is 11.6. The van der Waals surface area contributed by atoms with Gasteiger partial charge in [-0.15, -0.1) is 11.8 Å². The Bertz CT molecular complexity index is 598. The molecule has 2 atom stereocenters. The van der Waals surface area contributed by atoms with Crippen LogP contribution in [0.5, 0.6) is 0 Å². The predicted octanol–water partition coefficient (Wildman–Crippen LogP) is 2.37. The molecule has 0 aromatic heterocycles. The van der Waals surface area contributed by atoms with Crippen molar-refractivity contribution in [2.75, 3.05) is 11.5 Å². The van der Waals surface area contributed by atoms with Crippen molar-refractivity contribution in [1.82, 2.24) is 4.72 Å². The van der Waals surface area contributed by atoms with Gasteiger partial charge in [0, 0.05) is 10.6 Å². The van der Waals surface area contributed by atoms with Gasteiger partial charge < -0.3 is 0 Å². The lowest BCUT2D eigenvalue weighted by Crippen LogP contribution is -2.37. The lowest BCUT2D eigenvalue weighted by molar-refractivity contribution is -0.120. The van der Waals surface area contributed by atoms with Crippen LogP contribution >= 0.6 is 11.8 Å². The Balaban J connectivity index is 2.07. The normalized spacial score (nSPS) is 19.4. The number of thioether (sulfide) groups is 1. The molecule has 1 N–H and O–H groups in total. The fourth-order valence-electron chi connectivity index (χ4n) is 2.14. The minimum Gasteiger partial charge on any atom is -0.273 e. The lowest BCUT2D eigenvalue weighted by Gasteiger charge is -2.14. The number of carbonyl (C=O) groups excluding carboxylic acids is 1. The summed E-state index contributed by atoms with van der Waals surface area (Å²) in [7, 11) is -3.54. The Morgan fingerprint density at radius 3 is 2.85 bits per heavy atom. The van der Waals surface area contributed by atoms with Gasteiger partial charge in [-0.3, -0.25) is 9.52 Å². The SMILES string of the molecule is CC[C@H](C)CS(=O)(=O)NC(=O)[C@H]1CSc2ccccc21. The van der Waals surface area contributed by atoms with Crippen LogP contribution in [0.3, 0.4) is 0 Å². The molecular formula is C14H19NO3S2. The van der Waals surface area contributed by atoms with Gasteiger partial charge in [-0.05, 0) is 17.5 Å². The second kappa shape index (κ2) is 6.18. The van der Waals surface area contributed by atoms with Gasteiger partial charge in [-0.2, -0.15) is 0 Å². The van der Waals surface area contributed by atoms with E-state index < -0.39 is 15.9 Å². The van der Waals surface area contributed by atoms with Gasteiger partial charge in [0.2, 0.25) is 15.9 Å². The van der Waals surface area contributed by atoms with Crippen molar-refractivity contribution in [3.8, 4) is 0 Å². The second-order valence-electron chi connectivity index (χ2n) is 5.16. The van der Waals surface area contributed by atoms with E-state index in [1.807, 2.05) is 38.1 Å². The van der Waals surface area contributed by atoms with E-state index in [1.54, 1.807) is 11.8 Å². The van der Waals surface area contributed by atoms with Crippen LogP contribution < -0.4 is 4.72 Å². The molecule has 0 radical (unpaired) electrons. The summed E-state index contributed by atoms with van der Waals surface area (Å²) < 4.78 is 26.1. The first-order valence-electron chi connectivity index (χ1n) is 6.69. The molecule has 20 heavy (non-hydrogen) atoms. The molecule has 0 saturated heterocycles. The highest BCUT2D eigenvalue weighted by Crippen LogP contribution is 2.39. The minimum absolute atomic E-state index is 0.00322. The third-order valence-corrected chi connectivity index (χ3v) is 6.18. The van der Waals surface area contributed by atoms with Crippen LogP contribution in [-0.4, -0.2) is 25.8 Å². The Labute approximate surface area is 124 Å². The van der Waals surface area contributed by atoms with Crippen molar-refractivity contribution in [3.05, 3.63) is 29.8 Å². The Morgan fingerprint density at radius 1 is 1.45 bits per heavy atom. The summed E-state index contributed by atoms with van der Waals surface area (Å²) >= 11 is 1.59. The van der Waals surface area contributed by atoms with Gasteiger partial charge in [-0.25, -0.2) is 8.42 Å². The smallest absolute Gasteiger partial charge is 0.241 e. The quantitative estimate of drug-likeness (QED) is 0.906. The number of fused-ring (bicyclic) bond motifs is 1. The lowest BCUT2D eigenvalue weighted by atomic mass is 10.0. The number of amides is 1. The maximum Gasteiger partial charge on any atom is 0.241 e. The van der Waals surface area contributed by atoms with Crippen LogP contribution in [0.4, 0.5) is 0 Å². The first-order valence-corrected chi connectivity index (χ1v) is 9.32. The number of carbonyl (C=O) groups is 1. The van der Waals surface area contributed by atoms with E-state index in [0.717, 1.165) is 16.9 Å². The third kappa shape index (κ3) is 3.55. The summed E-state index contributed by atoms with van der Waals surface area (Å²) in [5.74, 6) is -0.139. The fraction of sp³-hybridized carbons (Fsp3) is 0.500. The van der Waals surface area contributed by atoms with Crippen molar-refractivity contribution in [1.29, 1.82) is 0 Å². The summed E-state index contributed by atoms with van der Waals surface area (Å²) in [5.41, 5.74) is 0.925. The molecule has 0 aliphatic carbocycles. The zero-order chi connectivity index (χ0) is 14.8. The van der Waals surface area contributed by atoms with Crippen molar-refractivity contribution >= 4 is 27.7 Å². The third-order valence-electron chi connectivity index (χ3n) is 3.47. The molecule has 110 valence electrons. The van der Waals surface area contributed by atoms with Gasteiger partial charge in [0.05, 0.1) is 11.7 Å². The Hall–Kier alpha value is -1.01. The molecule has 0 spiro atoms. The van der Waals surface area contributed by atoms with E-state index in [-0.39, 0.29) is 17.6 Å². The fourth-order valence-corrected chi connectivity index (χ4v) is 4.88. The molecule has 0 bridgehead atoms. The first kappa shape index (κ1) is 15.4. The molecule has 1 aliphatic rings. The Kier molecular flexibility index (Phi) is 4.75. The molecule has 0 fully saturated rings. The molecule has 1 aromatic carbocycles. The molecule has 1 heterocycles. The van der Waals surface area contributed by atoms with Gasteiger partial charge in [0.15, 0.2) is 0 Å². The highest BCUT2D eigenvalue weighted by Gasteiger charge is 2.31. The summed E-state index contributed by atoms with van der Waals surface area (Å²) in [6.45, 7) is 3.80. The predicted molar refractivity (Wildman–Crippen MR) is 81.3 cm³/mol. The van der Waals surface area contributed by atoms with E-state index in [4.69, 9.17) is 0 Å². The number of nitrogens with one attached hydrogen (secondary N) is 1. The minimum atomic E-state index is -3.54. The zero-order valence-corrected chi connectivity index (χ0v) is 13.3. The number of sulfonamides is 1. The highest BCUT2D eigenvalue weighted by molar-refractivity contribution is 7.99. The van der Waals surface area contributed by atoms with Crippen LogP contribution in [0.2, 0.25) is 0 Å². The van der Waals surface area contributed by atoms with Crippen LogP contribution in [0, 0.1) is 5.92 Å². The first-order chi connectivity index (χ1) is 9.43. The number of hydrogen-bond donors (Lipinski definition) is 1. The summed E-state index contributed by atoms with van der Waals surface area (Å²) in [6, 6.07) is 7.65. The van der Waals surface area contributed by atoms with Crippen molar-refractivity contribution < 1.29 is 13.2 Å². The maximum atomic E-state index is 12.2. The number of benzene rings is 1. The summed E-state index contributed by atoms with van der Waals surface area (Å²) in [4.78, 5) is 13.3. The van der Waals surface area contributed by atoms with Crippen molar-refractivity contribution in [2.45, 2.75) is 31.1 Å². The molecule has 1 aromatic rings. The highest BCUT2D eigenvalue weighted by atomic mass is 32.2. The molecule has 1 amide bonds. The van der Waals surface area contributed by atoms with Crippen LogP contribution in [0.25, 0.3) is 0 Å². The van der Waals surface area contributed by atoms with E-state index in [9.17, 15) is 13.2 Å². The largest absolute Gasteiger partial charge is 0.273 e. The maximum absolute atomic E-state index is 12.2. The van der Waals surface area contributed by atoms with Crippen LogP contribution in [0.1, 0.15) is 31.7 Å². The van der Waals surface area contributed by atoms with Crippen molar-refractivity contribution in [2.24, 2.45) is 5.92 Å². The molecule has 0 unspecified atom stereocenters. The second-order valence-corrected chi connectivity index (χ2v) is 7.99. The molecule has 2 rings (SSSR count). The molecule has 1 aliphatic heterocycles. The van der Waals surface area contributed by atoms with E-state index >= 15 is 0 Å². The molecule has 4 nitrogen and oxygen atoms in total. The standard InChI is InChI=1S/C14H19NO3S2/c1-3-10(2)9-20(17,18)15-14(16)12-8-19-13-7-5-4-6-11(12)13/h4-7,10,12H,3,8-9H2,1-2H3,(H,15,16)/t10-,12-/m0/s1. The molecule has 6 heteroatoms. The molecular weight excluding hydrogens is 294 g/mol. The number of rotatable bonds is 5.